The number of carbonyl (C=O) groups excluding carboxylic acids is 1. The second kappa shape index (κ2) is 9.44. The van der Waals surface area contributed by atoms with Gasteiger partial charge in [0.05, 0.1) is 12.8 Å². The molecule has 0 spiro atoms. The van der Waals surface area contributed by atoms with E-state index < -0.39 is 0 Å². The van der Waals surface area contributed by atoms with E-state index in [1.165, 1.54) is 6.21 Å². The van der Waals surface area contributed by atoms with Gasteiger partial charge in [-0.1, -0.05) is 31.9 Å². The zero-order chi connectivity index (χ0) is 17.4. The number of hydrazone groups is 1. The van der Waals surface area contributed by atoms with Crippen molar-refractivity contribution >= 4 is 44.0 Å². The monoisotopic (exact) mass is 454 g/mol. The van der Waals surface area contributed by atoms with Crippen molar-refractivity contribution in [2.75, 3.05) is 13.2 Å². The van der Waals surface area contributed by atoms with Crippen molar-refractivity contribution in [2.45, 2.75) is 6.92 Å². The van der Waals surface area contributed by atoms with Gasteiger partial charge in [0.15, 0.2) is 6.61 Å². The molecule has 2 rings (SSSR count). The molecule has 0 fully saturated rings. The number of halogens is 2. The topological polar surface area (TPSA) is 59.9 Å². The minimum atomic E-state index is -0.345. The molecule has 0 unspecified atom stereocenters. The number of nitrogens with zero attached hydrogens (tertiary/aromatic N) is 1. The lowest BCUT2D eigenvalue weighted by atomic mass is 10.2. The first-order valence-electron chi connectivity index (χ1n) is 7.21. The Morgan fingerprint density at radius 3 is 2.54 bits per heavy atom. The summed E-state index contributed by atoms with van der Waals surface area (Å²) in [5, 5.41) is 3.94. The van der Waals surface area contributed by atoms with E-state index in [2.05, 4.69) is 42.4 Å². The predicted octanol–water partition coefficient (Wildman–Crippen LogP) is 4.14. The maximum Gasteiger partial charge on any atom is 0.277 e. The van der Waals surface area contributed by atoms with Crippen molar-refractivity contribution < 1.29 is 14.3 Å². The standard InChI is InChI=1S/C17H16Br2N2O3/c1-2-23-16-8-5-14(19)9-12(16)10-20-21-17(22)11-24-15-6-3-13(18)4-7-15/h3-10H,2,11H2,1H3,(H,21,22)/b20-10+. The van der Waals surface area contributed by atoms with Crippen LogP contribution >= 0.6 is 31.9 Å². The molecule has 0 aliphatic carbocycles. The van der Waals surface area contributed by atoms with Gasteiger partial charge in [0.2, 0.25) is 0 Å². The highest BCUT2D eigenvalue weighted by molar-refractivity contribution is 9.10. The zero-order valence-corrected chi connectivity index (χ0v) is 16.1. The number of rotatable bonds is 7. The van der Waals surface area contributed by atoms with Crippen molar-refractivity contribution in [1.82, 2.24) is 5.43 Å². The van der Waals surface area contributed by atoms with Crippen molar-refractivity contribution in [3.05, 3.63) is 57.0 Å². The smallest absolute Gasteiger partial charge is 0.277 e. The van der Waals surface area contributed by atoms with E-state index in [9.17, 15) is 4.79 Å². The highest BCUT2D eigenvalue weighted by atomic mass is 79.9. The molecule has 24 heavy (non-hydrogen) atoms. The fourth-order valence-corrected chi connectivity index (χ4v) is 2.44. The summed E-state index contributed by atoms with van der Waals surface area (Å²) in [6.45, 7) is 2.34. The molecule has 2 aromatic carbocycles. The Hall–Kier alpha value is -1.86. The summed E-state index contributed by atoms with van der Waals surface area (Å²) in [5.74, 6) is 0.967. The molecule has 0 bridgehead atoms. The molecule has 0 saturated heterocycles. The summed E-state index contributed by atoms with van der Waals surface area (Å²) in [6, 6.07) is 12.8. The molecule has 0 atom stereocenters. The molecule has 5 nitrogen and oxygen atoms in total. The lowest BCUT2D eigenvalue weighted by molar-refractivity contribution is -0.123. The maximum atomic E-state index is 11.8. The third kappa shape index (κ3) is 5.98. The van der Waals surface area contributed by atoms with Crippen LogP contribution in [-0.4, -0.2) is 25.3 Å². The largest absolute Gasteiger partial charge is 0.493 e. The van der Waals surface area contributed by atoms with E-state index in [1.807, 2.05) is 37.3 Å². The van der Waals surface area contributed by atoms with E-state index in [0.29, 0.717) is 18.1 Å². The first-order valence-corrected chi connectivity index (χ1v) is 8.79. The first-order chi connectivity index (χ1) is 11.6. The fraction of sp³-hybridized carbons (Fsp3) is 0.176. The van der Waals surface area contributed by atoms with Gasteiger partial charge in [-0.05, 0) is 49.4 Å². The molecule has 7 heteroatoms. The Kier molecular flexibility index (Phi) is 7.27. The summed E-state index contributed by atoms with van der Waals surface area (Å²) in [5.41, 5.74) is 3.19. The molecule has 1 N–H and O–H groups in total. The number of ether oxygens (including phenoxy) is 2. The van der Waals surface area contributed by atoms with Crippen molar-refractivity contribution in [2.24, 2.45) is 5.10 Å². The summed E-state index contributed by atoms with van der Waals surface area (Å²) in [6.07, 6.45) is 1.54. The van der Waals surface area contributed by atoms with Gasteiger partial charge in [0.1, 0.15) is 11.5 Å². The second-order valence-electron chi connectivity index (χ2n) is 4.65. The van der Waals surface area contributed by atoms with Gasteiger partial charge in [-0.15, -0.1) is 0 Å². The fourth-order valence-electron chi connectivity index (χ4n) is 1.79. The Morgan fingerprint density at radius 1 is 1.12 bits per heavy atom. The van der Waals surface area contributed by atoms with Crippen LogP contribution in [0.25, 0.3) is 0 Å². The minimum absolute atomic E-state index is 0.115. The van der Waals surface area contributed by atoms with E-state index in [-0.39, 0.29) is 12.5 Å². The Labute approximate surface area is 157 Å². The van der Waals surface area contributed by atoms with Crippen molar-refractivity contribution in [3.8, 4) is 11.5 Å². The molecular weight excluding hydrogens is 440 g/mol. The molecule has 0 aliphatic heterocycles. The lowest BCUT2D eigenvalue weighted by Gasteiger charge is -2.07. The van der Waals surface area contributed by atoms with Crippen molar-refractivity contribution in [1.29, 1.82) is 0 Å². The predicted molar refractivity (Wildman–Crippen MR) is 101 cm³/mol. The van der Waals surface area contributed by atoms with Gasteiger partial charge in [0.25, 0.3) is 5.91 Å². The average molecular weight is 456 g/mol. The molecular formula is C17H16Br2N2O3. The van der Waals surface area contributed by atoms with Crippen LogP contribution < -0.4 is 14.9 Å². The average Bonchev–Trinajstić information content (AvgIpc) is 2.57. The lowest BCUT2D eigenvalue weighted by Crippen LogP contribution is -2.24. The third-order valence-electron chi connectivity index (χ3n) is 2.85. The second-order valence-corrected chi connectivity index (χ2v) is 6.48. The zero-order valence-electron chi connectivity index (χ0n) is 13.0. The summed E-state index contributed by atoms with van der Waals surface area (Å²) < 4.78 is 12.7. The van der Waals surface area contributed by atoms with Gasteiger partial charge in [-0.3, -0.25) is 4.79 Å². The Morgan fingerprint density at radius 2 is 1.83 bits per heavy atom. The van der Waals surface area contributed by atoms with Crippen LogP contribution in [0.5, 0.6) is 11.5 Å². The van der Waals surface area contributed by atoms with Gasteiger partial charge in [0, 0.05) is 14.5 Å². The number of carbonyl (C=O) groups is 1. The molecule has 0 saturated carbocycles. The molecule has 2 aromatic rings. The molecule has 126 valence electrons. The van der Waals surface area contributed by atoms with Gasteiger partial charge in [-0.25, -0.2) is 5.43 Å². The number of nitrogens with one attached hydrogen (secondary N) is 1. The van der Waals surface area contributed by atoms with E-state index in [4.69, 9.17) is 9.47 Å². The molecule has 1 amide bonds. The number of benzene rings is 2. The van der Waals surface area contributed by atoms with E-state index >= 15 is 0 Å². The highest BCUT2D eigenvalue weighted by Gasteiger charge is 2.04. The van der Waals surface area contributed by atoms with Crippen LogP contribution in [0.1, 0.15) is 12.5 Å². The quantitative estimate of drug-likeness (QED) is 0.504. The normalized spacial score (nSPS) is 10.6. The number of amides is 1. The van der Waals surface area contributed by atoms with Crippen molar-refractivity contribution in [3.63, 3.8) is 0 Å². The first kappa shape index (κ1) is 18.5. The number of hydrogen-bond donors (Lipinski definition) is 1. The molecule has 0 heterocycles. The van der Waals surface area contributed by atoms with E-state index in [1.54, 1.807) is 12.1 Å². The summed E-state index contributed by atoms with van der Waals surface area (Å²) in [4.78, 5) is 11.8. The van der Waals surface area contributed by atoms with Gasteiger partial charge in [-0.2, -0.15) is 5.10 Å². The SMILES string of the molecule is CCOc1ccc(Br)cc1/C=N/NC(=O)COc1ccc(Br)cc1. The molecule has 0 radical (unpaired) electrons. The highest BCUT2D eigenvalue weighted by Crippen LogP contribution is 2.21. The van der Waals surface area contributed by atoms with Crippen LogP contribution in [0.3, 0.4) is 0 Å². The summed E-state index contributed by atoms with van der Waals surface area (Å²) >= 11 is 6.73. The Balaban J connectivity index is 1.88. The maximum absolute atomic E-state index is 11.8. The van der Waals surface area contributed by atoms with E-state index in [0.717, 1.165) is 14.5 Å². The number of hydrogen-bond acceptors (Lipinski definition) is 4. The Bertz CT molecular complexity index is 718. The van der Waals surface area contributed by atoms with Crippen LogP contribution in [0, 0.1) is 0 Å². The van der Waals surface area contributed by atoms with Crippen LogP contribution in [0.4, 0.5) is 0 Å². The summed E-state index contributed by atoms with van der Waals surface area (Å²) in [7, 11) is 0. The molecule has 0 aromatic heterocycles. The molecule has 0 aliphatic rings. The van der Waals surface area contributed by atoms with Crippen LogP contribution in [0.2, 0.25) is 0 Å². The van der Waals surface area contributed by atoms with Gasteiger partial charge >= 0.3 is 0 Å². The third-order valence-corrected chi connectivity index (χ3v) is 3.87. The van der Waals surface area contributed by atoms with Crippen LogP contribution in [0.15, 0.2) is 56.5 Å². The minimum Gasteiger partial charge on any atom is -0.493 e. The van der Waals surface area contributed by atoms with Gasteiger partial charge < -0.3 is 9.47 Å². The van der Waals surface area contributed by atoms with Crippen LogP contribution in [-0.2, 0) is 4.79 Å².